The van der Waals surface area contributed by atoms with Gasteiger partial charge in [0.05, 0.1) is 30.7 Å². The summed E-state index contributed by atoms with van der Waals surface area (Å²) in [5.74, 6) is 0.868. The lowest BCUT2D eigenvalue weighted by molar-refractivity contribution is -0.122. The Bertz CT molecular complexity index is 1070. The van der Waals surface area contributed by atoms with Crippen molar-refractivity contribution in [2.24, 2.45) is 5.41 Å². The van der Waals surface area contributed by atoms with Crippen molar-refractivity contribution in [3.63, 3.8) is 0 Å². The lowest BCUT2D eigenvalue weighted by Gasteiger charge is -2.36. The minimum absolute atomic E-state index is 0.0382. The number of nitrogens with zero attached hydrogens (tertiary/aromatic N) is 3. The van der Waals surface area contributed by atoms with Gasteiger partial charge in [0.25, 0.3) is 0 Å². The van der Waals surface area contributed by atoms with Gasteiger partial charge >= 0.3 is 0 Å². The Balaban J connectivity index is 1.52. The molecule has 6 nitrogen and oxygen atoms in total. The molecule has 4 rings (SSSR count). The maximum Gasteiger partial charge on any atom is 0.220 e. The van der Waals surface area contributed by atoms with Crippen molar-refractivity contribution in [3.8, 4) is 11.4 Å². The predicted molar refractivity (Wildman–Crippen MR) is 120 cm³/mol. The van der Waals surface area contributed by atoms with Gasteiger partial charge in [0.2, 0.25) is 5.91 Å². The van der Waals surface area contributed by atoms with Crippen molar-refractivity contribution >= 4 is 5.91 Å². The number of fused-ring (bicyclic) bond motifs is 1. The highest BCUT2D eigenvalue weighted by Crippen LogP contribution is 2.41. The Morgan fingerprint density at radius 3 is 2.71 bits per heavy atom. The number of pyridine rings is 1. The first kappa shape index (κ1) is 21.1. The van der Waals surface area contributed by atoms with Crippen molar-refractivity contribution in [2.45, 2.75) is 52.5 Å². The first-order valence-electron chi connectivity index (χ1n) is 10.8. The normalized spacial score (nSPS) is 17.1. The van der Waals surface area contributed by atoms with Crippen molar-refractivity contribution in [1.82, 2.24) is 20.1 Å². The van der Waals surface area contributed by atoms with E-state index in [-0.39, 0.29) is 17.4 Å². The zero-order valence-electron chi connectivity index (χ0n) is 18.7. The maximum atomic E-state index is 12.8. The monoisotopic (exact) mass is 418 g/mol. The van der Waals surface area contributed by atoms with Crippen LogP contribution in [0.15, 0.2) is 48.7 Å². The zero-order chi connectivity index (χ0) is 22.0. The molecule has 1 aliphatic carbocycles. The van der Waals surface area contributed by atoms with Crippen LogP contribution in [0.25, 0.3) is 5.69 Å². The highest BCUT2D eigenvalue weighted by molar-refractivity contribution is 5.76. The van der Waals surface area contributed by atoms with E-state index in [0.29, 0.717) is 12.8 Å². The first-order valence-corrected chi connectivity index (χ1v) is 10.8. The molecule has 0 spiro atoms. The average Bonchev–Trinajstić information content (AvgIpc) is 3.15. The maximum absolute atomic E-state index is 12.8. The van der Waals surface area contributed by atoms with Crippen molar-refractivity contribution in [1.29, 1.82) is 0 Å². The Kier molecular flexibility index (Phi) is 5.81. The summed E-state index contributed by atoms with van der Waals surface area (Å²) in [4.78, 5) is 17.3. The second-order valence-electron chi connectivity index (χ2n) is 9.09. The molecule has 1 amide bonds. The number of benzene rings is 1. The quantitative estimate of drug-likeness (QED) is 0.646. The summed E-state index contributed by atoms with van der Waals surface area (Å²) < 4.78 is 7.26. The van der Waals surface area contributed by atoms with Crippen LogP contribution in [0.2, 0.25) is 0 Å². The first-order chi connectivity index (χ1) is 14.8. The van der Waals surface area contributed by atoms with E-state index in [2.05, 4.69) is 29.2 Å². The third-order valence-electron chi connectivity index (χ3n) is 5.89. The van der Waals surface area contributed by atoms with E-state index >= 15 is 0 Å². The smallest absolute Gasteiger partial charge is 0.220 e. The van der Waals surface area contributed by atoms with Gasteiger partial charge in [-0.1, -0.05) is 19.9 Å². The molecule has 2 heterocycles. The predicted octanol–water partition coefficient (Wildman–Crippen LogP) is 4.35. The van der Waals surface area contributed by atoms with Crippen molar-refractivity contribution in [3.05, 3.63) is 71.3 Å². The van der Waals surface area contributed by atoms with Gasteiger partial charge in [0.1, 0.15) is 5.75 Å². The van der Waals surface area contributed by atoms with Gasteiger partial charge in [0, 0.05) is 23.4 Å². The lowest BCUT2D eigenvalue weighted by Crippen LogP contribution is -2.36. The van der Waals surface area contributed by atoms with Crippen LogP contribution in [0.1, 0.15) is 55.4 Å². The van der Waals surface area contributed by atoms with E-state index in [1.807, 2.05) is 60.3 Å². The van der Waals surface area contributed by atoms with E-state index in [0.717, 1.165) is 46.9 Å². The third kappa shape index (κ3) is 4.79. The number of hydrogen-bond donors (Lipinski definition) is 1. The van der Waals surface area contributed by atoms with E-state index in [1.165, 1.54) is 0 Å². The van der Waals surface area contributed by atoms with Gasteiger partial charge in [-0.15, -0.1) is 0 Å². The van der Waals surface area contributed by atoms with Crippen LogP contribution >= 0.6 is 0 Å². The Morgan fingerprint density at radius 2 is 2.00 bits per heavy atom. The molecule has 1 aromatic carbocycles. The fourth-order valence-electron chi connectivity index (χ4n) is 4.36. The van der Waals surface area contributed by atoms with E-state index < -0.39 is 0 Å². The molecular formula is C25H30N4O2. The van der Waals surface area contributed by atoms with Crippen LogP contribution in [-0.4, -0.2) is 27.8 Å². The van der Waals surface area contributed by atoms with Crippen LogP contribution in [0.5, 0.6) is 5.75 Å². The fourth-order valence-corrected chi connectivity index (χ4v) is 4.36. The summed E-state index contributed by atoms with van der Waals surface area (Å²) in [6.07, 6.45) is 4.77. The Hall–Kier alpha value is -3.15. The number of aromatic nitrogens is 3. The van der Waals surface area contributed by atoms with Crippen molar-refractivity contribution < 1.29 is 9.53 Å². The van der Waals surface area contributed by atoms with Crippen LogP contribution in [0.3, 0.4) is 0 Å². The molecule has 31 heavy (non-hydrogen) atoms. The number of hydrogen-bond acceptors (Lipinski definition) is 4. The third-order valence-corrected chi connectivity index (χ3v) is 5.89. The van der Waals surface area contributed by atoms with Crippen molar-refractivity contribution in [2.75, 3.05) is 7.11 Å². The van der Waals surface area contributed by atoms with Gasteiger partial charge in [-0.25, -0.2) is 4.68 Å². The number of methoxy groups -OCH3 is 1. The average molecular weight is 419 g/mol. The molecule has 1 atom stereocenters. The fraction of sp³-hybridized carbons (Fsp3) is 0.400. The summed E-state index contributed by atoms with van der Waals surface area (Å²) in [6, 6.07) is 13.8. The number of aryl methyl sites for hydroxylation is 2. The minimum Gasteiger partial charge on any atom is -0.497 e. The molecule has 6 heteroatoms. The topological polar surface area (TPSA) is 69.0 Å². The summed E-state index contributed by atoms with van der Waals surface area (Å²) in [7, 11) is 1.66. The summed E-state index contributed by atoms with van der Waals surface area (Å²) in [5, 5.41) is 7.92. The molecule has 1 N–H and O–H groups in total. The van der Waals surface area contributed by atoms with E-state index in [9.17, 15) is 4.79 Å². The van der Waals surface area contributed by atoms with Gasteiger partial charge < -0.3 is 10.1 Å². The summed E-state index contributed by atoms with van der Waals surface area (Å²) in [5.41, 5.74) is 5.25. The molecule has 1 aliphatic rings. The highest BCUT2D eigenvalue weighted by atomic mass is 16.5. The summed E-state index contributed by atoms with van der Waals surface area (Å²) in [6.45, 7) is 6.46. The van der Waals surface area contributed by atoms with Gasteiger partial charge in [-0.2, -0.15) is 5.10 Å². The number of carbonyl (C=O) groups is 1. The number of carbonyl (C=O) groups excluding carboxylic acids is 1. The van der Waals surface area contributed by atoms with Gasteiger partial charge in [0.15, 0.2) is 0 Å². The molecule has 0 aliphatic heterocycles. The standard InChI is InChI=1S/C25H30N4O2/c1-17-6-5-7-18(27-17)8-13-24(30)28-22-14-25(2,3)15-23-21(22)16-26-29(23)19-9-11-20(31-4)12-10-19/h5-7,9-12,16,22H,8,13-15H2,1-4H3,(H,28,30)/t22-/m1/s1. The number of ether oxygens (including phenoxy) is 1. The van der Waals surface area contributed by atoms with Gasteiger partial charge in [-0.3, -0.25) is 9.78 Å². The second kappa shape index (κ2) is 8.53. The highest BCUT2D eigenvalue weighted by Gasteiger charge is 2.36. The van der Waals surface area contributed by atoms with Crippen LogP contribution in [0, 0.1) is 12.3 Å². The molecule has 2 aromatic heterocycles. The number of nitrogens with one attached hydrogen (secondary N) is 1. The van der Waals surface area contributed by atoms with Crippen LogP contribution in [-0.2, 0) is 17.6 Å². The SMILES string of the molecule is COc1ccc(-n2ncc3c2CC(C)(C)C[C@H]3NC(=O)CCc2cccc(C)n2)cc1. The summed E-state index contributed by atoms with van der Waals surface area (Å²) >= 11 is 0. The largest absolute Gasteiger partial charge is 0.497 e. The Labute approximate surface area is 183 Å². The Morgan fingerprint density at radius 1 is 1.23 bits per heavy atom. The molecule has 0 radical (unpaired) electrons. The van der Waals surface area contributed by atoms with E-state index in [4.69, 9.17) is 4.74 Å². The molecular weight excluding hydrogens is 388 g/mol. The second-order valence-corrected chi connectivity index (χ2v) is 9.09. The lowest BCUT2D eigenvalue weighted by atomic mass is 9.74. The molecule has 162 valence electrons. The molecule has 0 fully saturated rings. The zero-order valence-corrected chi connectivity index (χ0v) is 18.7. The minimum atomic E-state index is -0.0382. The number of rotatable bonds is 6. The molecule has 0 saturated carbocycles. The molecule has 3 aromatic rings. The van der Waals surface area contributed by atoms with E-state index in [1.54, 1.807) is 7.11 Å². The number of amides is 1. The molecule has 0 saturated heterocycles. The molecule has 0 unspecified atom stereocenters. The van der Waals surface area contributed by atoms with Gasteiger partial charge in [-0.05, 0) is 68.0 Å². The van der Waals surface area contributed by atoms with Crippen LogP contribution < -0.4 is 10.1 Å². The molecule has 0 bridgehead atoms. The van der Waals surface area contributed by atoms with Crippen LogP contribution in [0.4, 0.5) is 0 Å².